The third kappa shape index (κ3) is 3.42. The Hall–Kier alpha value is -2.28. The maximum atomic E-state index is 13.3. The molecular weight excluding hydrogens is 486 g/mol. The van der Waals surface area contributed by atoms with Crippen molar-refractivity contribution < 1.29 is 23.9 Å². The lowest BCUT2D eigenvalue weighted by Crippen LogP contribution is -2.44. The summed E-state index contributed by atoms with van der Waals surface area (Å²) in [5, 5.41) is 0. The molecule has 1 heterocycles. The fraction of sp³-hybridized carbons (Fsp3) is 0.538. The molecule has 5 aliphatic carbocycles. The van der Waals surface area contributed by atoms with E-state index in [0.29, 0.717) is 43.1 Å². The van der Waals surface area contributed by atoms with E-state index in [4.69, 9.17) is 4.74 Å². The first-order valence-corrected chi connectivity index (χ1v) is 12.7. The number of rotatable bonds is 5. The van der Waals surface area contributed by atoms with E-state index in [2.05, 4.69) is 28.1 Å². The molecule has 0 unspecified atom stereocenters. The smallest absolute Gasteiger partial charge is 0.309 e. The Morgan fingerprint density at radius 2 is 1.48 bits per heavy atom. The van der Waals surface area contributed by atoms with Crippen LogP contribution < -0.4 is 0 Å². The molecule has 172 valence electrons. The first-order valence-electron chi connectivity index (χ1n) is 11.9. The number of benzene rings is 1. The largest absolute Gasteiger partial charge is 0.457 e. The van der Waals surface area contributed by atoms with Crippen molar-refractivity contribution in [3.05, 3.63) is 46.5 Å². The van der Waals surface area contributed by atoms with Gasteiger partial charge in [0.15, 0.2) is 12.4 Å². The Morgan fingerprint density at radius 3 is 2.06 bits per heavy atom. The second kappa shape index (κ2) is 7.90. The number of esters is 1. The highest BCUT2D eigenvalue weighted by Gasteiger charge is 2.67. The molecule has 0 aromatic heterocycles. The Bertz CT molecular complexity index is 1020. The molecule has 6 aliphatic rings. The number of nitrogens with zero attached hydrogens (tertiary/aromatic N) is 1. The molecule has 0 spiro atoms. The maximum absolute atomic E-state index is 13.3. The fourth-order valence-electron chi connectivity index (χ4n) is 6.88. The molecule has 0 radical (unpaired) electrons. The lowest BCUT2D eigenvalue weighted by molar-refractivity contribution is -0.149. The molecule has 1 aliphatic heterocycles. The molecule has 7 rings (SSSR count). The highest BCUT2D eigenvalue weighted by Crippen LogP contribution is 2.65. The molecule has 33 heavy (non-hydrogen) atoms. The van der Waals surface area contributed by atoms with Gasteiger partial charge in [-0.05, 0) is 67.9 Å². The van der Waals surface area contributed by atoms with Crippen molar-refractivity contribution in [3.8, 4) is 0 Å². The molecule has 3 saturated carbocycles. The first kappa shape index (κ1) is 21.3. The summed E-state index contributed by atoms with van der Waals surface area (Å²) in [5.41, 5.74) is 0.503. The predicted molar refractivity (Wildman–Crippen MR) is 122 cm³/mol. The van der Waals surface area contributed by atoms with Crippen LogP contribution in [0.3, 0.4) is 0 Å². The third-order valence-electron chi connectivity index (χ3n) is 8.60. The zero-order valence-electron chi connectivity index (χ0n) is 18.2. The second-order valence-electron chi connectivity index (χ2n) is 10.2. The SMILES string of the molecule is O=C(COC(=O)C1CCC(N2C(=O)[C@@H]3[C@H]4C=C[C@@H]([C@@H]5C[C@@H]45)[C@@H]3C2=O)CC1)c1ccc(Br)cc1. The number of ketones is 1. The molecule has 1 aromatic rings. The molecule has 6 nitrogen and oxygen atoms in total. The normalized spacial score (nSPS) is 38.2. The Labute approximate surface area is 200 Å². The van der Waals surface area contributed by atoms with Gasteiger partial charge in [0.05, 0.1) is 17.8 Å². The summed E-state index contributed by atoms with van der Waals surface area (Å²) < 4.78 is 6.18. The summed E-state index contributed by atoms with van der Waals surface area (Å²) in [6.07, 6.45) is 7.92. The van der Waals surface area contributed by atoms with E-state index in [9.17, 15) is 19.2 Å². The van der Waals surface area contributed by atoms with E-state index in [0.717, 1.165) is 10.9 Å². The van der Waals surface area contributed by atoms with Crippen LogP contribution in [0, 0.1) is 41.4 Å². The fourth-order valence-corrected chi connectivity index (χ4v) is 7.15. The van der Waals surface area contributed by atoms with Crippen molar-refractivity contribution in [1.82, 2.24) is 4.90 Å². The van der Waals surface area contributed by atoms with Crippen LogP contribution in [-0.4, -0.2) is 41.1 Å². The zero-order chi connectivity index (χ0) is 22.9. The van der Waals surface area contributed by atoms with Crippen LogP contribution in [0.4, 0.5) is 0 Å². The highest BCUT2D eigenvalue weighted by molar-refractivity contribution is 9.10. The molecule has 1 aromatic carbocycles. The van der Waals surface area contributed by atoms with Crippen molar-refractivity contribution in [2.75, 3.05) is 6.61 Å². The van der Waals surface area contributed by atoms with E-state index in [1.165, 1.54) is 0 Å². The van der Waals surface area contributed by atoms with E-state index < -0.39 is 0 Å². The number of hydrogen-bond donors (Lipinski definition) is 0. The van der Waals surface area contributed by atoms with Gasteiger partial charge in [0.1, 0.15) is 0 Å². The molecule has 7 heteroatoms. The molecular formula is C26H26BrNO5. The third-order valence-corrected chi connectivity index (χ3v) is 9.13. The van der Waals surface area contributed by atoms with Gasteiger partial charge >= 0.3 is 5.97 Å². The minimum Gasteiger partial charge on any atom is -0.457 e. The summed E-state index contributed by atoms with van der Waals surface area (Å²) in [5.74, 6) is 0.484. The summed E-state index contributed by atoms with van der Waals surface area (Å²) >= 11 is 3.33. The number of imide groups is 1. The van der Waals surface area contributed by atoms with Gasteiger partial charge in [-0.3, -0.25) is 24.1 Å². The van der Waals surface area contributed by atoms with Crippen molar-refractivity contribution in [3.63, 3.8) is 0 Å². The summed E-state index contributed by atoms with van der Waals surface area (Å²) in [6, 6.07) is 6.81. The number of halogens is 1. The van der Waals surface area contributed by atoms with Gasteiger partial charge in [-0.25, -0.2) is 0 Å². The second-order valence-corrected chi connectivity index (χ2v) is 11.2. The van der Waals surface area contributed by atoms with E-state index in [1.807, 2.05) is 0 Å². The number of carbonyl (C=O) groups excluding carboxylic acids is 4. The monoisotopic (exact) mass is 511 g/mol. The zero-order valence-corrected chi connectivity index (χ0v) is 19.8. The van der Waals surface area contributed by atoms with E-state index in [-0.39, 0.29) is 65.8 Å². The van der Waals surface area contributed by atoms with Gasteiger partial charge in [-0.15, -0.1) is 0 Å². The van der Waals surface area contributed by atoms with Crippen molar-refractivity contribution in [2.24, 2.45) is 41.4 Å². The van der Waals surface area contributed by atoms with Crippen LogP contribution in [0.25, 0.3) is 0 Å². The number of hydrogen-bond acceptors (Lipinski definition) is 5. The molecule has 6 atom stereocenters. The molecule has 0 N–H and O–H groups in total. The lowest BCUT2D eigenvalue weighted by atomic mass is 9.63. The van der Waals surface area contributed by atoms with Gasteiger partial charge < -0.3 is 4.74 Å². The number of likely N-dealkylation sites (tertiary alicyclic amines) is 1. The molecule has 1 saturated heterocycles. The minimum atomic E-state index is -0.367. The molecule has 2 amide bonds. The number of amides is 2. The van der Waals surface area contributed by atoms with E-state index >= 15 is 0 Å². The molecule has 2 bridgehead atoms. The highest BCUT2D eigenvalue weighted by atomic mass is 79.9. The maximum Gasteiger partial charge on any atom is 0.309 e. The quantitative estimate of drug-likeness (QED) is 0.260. The van der Waals surface area contributed by atoms with Crippen LogP contribution in [-0.2, 0) is 19.1 Å². The van der Waals surface area contributed by atoms with Gasteiger partial charge in [0.2, 0.25) is 11.8 Å². The van der Waals surface area contributed by atoms with Crippen molar-refractivity contribution >= 4 is 39.5 Å². The number of carbonyl (C=O) groups is 4. The topological polar surface area (TPSA) is 80.8 Å². The minimum absolute atomic E-state index is 0.0146. The van der Waals surface area contributed by atoms with Crippen LogP contribution >= 0.6 is 15.9 Å². The average Bonchev–Trinajstić information content (AvgIpc) is 3.61. The van der Waals surface area contributed by atoms with Crippen LogP contribution in [0.1, 0.15) is 42.5 Å². The van der Waals surface area contributed by atoms with Gasteiger partial charge in [-0.1, -0.05) is 40.2 Å². The van der Waals surface area contributed by atoms with Crippen molar-refractivity contribution in [1.29, 1.82) is 0 Å². The van der Waals surface area contributed by atoms with Crippen LogP contribution in [0.15, 0.2) is 40.9 Å². The van der Waals surface area contributed by atoms with Gasteiger partial charge in [0.25, 0.3) is 0 Å². The Balaban J connectivity index is 1.04. The lowest BCUT2D eigenvalue weighted by Gasteiger charge is -2.37. The number of allylic oxidation sites excluding steroid dienone is 2. The van der Waals surface area contributed by atoms with Crippen LogP contribution in [0.2, 0.25) is 0 Å². The Kier molecular flexibility index (Phi) is 5.09. The summed E-state index contributed by atoms with van der Waals surface area (Å²) in [4.78, 5) is 53.0. The van der Waals surface area contributed by atoms with Crippen molar-refractivity contribution in [2.45, 2.75) is 38.1 Å². The Morgan fingerprint density at radius 1 is 0.909 bits per heavy atom. The van der Waals surface area contributed by atoms with Crippen LogP contribution in [0.5, 0.6) is 0 Å². The summed E-state index contributed by atoms with van der Waals surface area (Å²) in [6.45, 7) is -0.273. The van der Waals surface area contributed by atoms with Gasteiger partial charge in [0, 0.05) is 16.1 Å². The summed E-state index contributed by atoms with van der Waals surface area (Å²) in [7, 11) is 0. The number of Topliss-reactive ketones (excluding diaryl/α,β-unsaturated/α-hetero) is 1. The van der Waals surface area contributed by atoms with Gasteiger partial charge in [-0.2, -0.15) is 0 Å². The standard InChI is InChI=1S/C26H26BrNO5/c27-15-5-1-13(2-6-15)21(29)12-33-26(32)14-3-7-16(8-4-14)28-24(30)22-17-9-10-18(20-11-19(17)20)23(22)25(28)31/h1-2,5-6,9-10,14,16-20,22-23H,3-4,7-8,11-12H2/t14?,16?,17-,18-,19-,20-,22-,23+/m0/s1. The predicted octanol–water partition coefficient (Wildman–Crippen LogP) is 3.79. The van der Waals surface area contributed by atoms with E-state index in [1.54, 1.807) is 29.2 Å². The molecule has 4 fully saturated rings. The number of ether oxygens (including phenoxy) is 1. The average molecular weight is 512 g/mol. The first-order chi connectivity index (χ1) is 15.9.